The number of ketones is 1. The lowest BCUT2D eigenvalue weighted by Gasteiger charge is -2.12. The van der Waals surface area contributed by atoms with Crippen LogP contribution in [0.25, 0.3) is 11.0 Å². The number of hydrogen-bond acceptors (Lipinski definition) is 6. The van der Waals surface area contributed by atoms with E-state index >= 15 is 0 Å². The van der Waals surface area contributed by atoms with Crippen LogP contribution < -0.4 is 16.2 Å². The second kappa shape index (κ2) is 8.54. The summed E-state index contributed by atoms with van der Waals surface area (Å²) in [6.45, 7) is 1.95. The first-order valence-electron chi connectivity index (χ1n) is 10.7. The van der Waals surface area contributed by atoms with Crippen molar-refractivity contribution in [2.24, 2.45) is 0 Å². The van der Waals surface area contributed by atoms with Gasteiger partial charge in [0, 0.05) is 16.5 Å². The number of anilines is 1. The number of furan rings is 1. The molecule has 2 atom stereocenters. The molecule has 2 heterocycles. The molecular weight excluding hydrogens is 418 g/mol. The van der Waals surface area contributed by atoms with Crippen molar-refractivity contribution in [3.8, 4) is 5.75 Å². The van der Waals surface area contributed by atoms with Gasteiger partial charge in [0.1, 0.15) is 17.4 Å². The van der Waals surface area contributed by atoms with Crippen LogP contribution in [0, 0.1) is 6.92 Å². The average Bonchev–Trinajstić information content (AvgIpc) is 3.45. The van der Waals surface area contributed by atoms with Gasteiger partial charge in [0.15, 0.2) is 5.76 Å². The molecule has 166 valence electrons. The average molecular weight is 441 g/mol. The summed E-state index contributed by atoms with van der Waals surface area (Å²) < 4.78 is 5.88. The third kappa shape index (κ3) is 4.00. The Hall–Kier alpha value is -3.94. The lowest BCUT2D eigenvalue weighted by Crippen LogP contribution is -2.39. The Labute approximate surface area is 190 Å². The van der Waals surface area contributed by atoms with Crippen LogP contribution in [0.3, 0.4) is 0 Å². The molecule has 33 heavy (non-hydrogen) atoms. The van der Waals surface area contributed by atoms with Gasteiger partial charge in [-0.2, -0.15) is 0 Å². The van der Waals surface area contributed by atoms with E-state index in [1.165, 1.54) is 0 Å². The zero-order valence-corrected chi connectivity index (χ0v) is 18.0. The first-order valence-corrected chi connectivity index (χ1v) is 10.7. The van der Waals surface area contributed by atoms with Crippen LogP contribution in [0.1, 0.15) is 39.7 Å². The Morgan fingerprint density at radius 1 is 0.970 bits per heavy atom. The van der Waals surface area contributed by atoms with Crippen molar-refractivity contribution in [3.05, 3.63) is 95.2 Å². The van der Waals surface area contributed by atoms with Gasteiger partial charge in [0.25, 0.3) is 0 Å². The molecule has 4 aromatic rings. The summed E-state index contributed by atoms with van der Waals surface area (Å²) in [7, 11) is 0. The van der Waals surface area contributed by atoms with Gasteiger partial charge in [-0.1, -0.05) is 60.2 Å². The molecule has 7 heteroatoms. The van der Waals surface area contributed by atoms with E-state index in [0.29, 0.717) is 34.2 Å². The van der Waals surface area contributed by atoms with E-state index in [2.05, 4.69) is 16.2 Å². The highest BCUT2D eigenvalue weighted by atomic mass is 16.3. The van der Waals surface area contributed by atoms with Crippen LogP contribution in [0.4, 0.5) is 5.69 Å². The topological polar surface area (TPSA) is 104 Å². The van der Waals surface area contributed by atoms with Gasteiger partial charge < -0.3 is 14.8 Å². The zero-order valence-electron chi connectivity index (χ0n) is 18.0. The standard InChI is InChI=1S/C26H23N3O4/c1-15-10-12-16(13-11-15)24(31)25-23(18-7-3-5-9-22(18)33-25)27-26(32)20-14-19(28-29-20)17-6-2-4-8-21(17)30/h2-13,19-20,28-30H,14H2,1H3,(H,27,32). The largest absolute Gasteiger partial charge is 0.508 e. The van der Waals surface area contributed by atoms with E-state index in [1.54, 1.807) is 30.3 Å². The van der Waals surface area contributed by atoms with E-state index in [9.17, 15) is 14.7 Å². The van der Waals surface area contributed by atoms with Crippen LogP contribution in [-0.2, 0) is 4.79 Å². The normalized spacial score (nSPS) is 17.8. The van der Waals surface area contributed by atoms with Gasteiger partial charge in [0.2, 0.25) is 11.7 Å². The first-order chi connectivity index (χ1) is 16.0. The number of para-hydroxylation sites is 2. The molecule has 0 bridgehead atoms. The molecule has 4 N–H and O–H groups in total. The maximum absolute atomic E-state index is 13.2. The third-order valence-electron chi connectivity index (χ3n) is 5.90. The molecule has 0 spiro atoms. The van der Waals surface area contributed by atoms with E-state index in [1.807, 2.05) is 49.4 Å². The van der Waals surface area contributed by atoms with Gasteiger partial charge in [-0.25, -0.2) is 10.9 Å². The highest BCUT2D eigenvalue weighted by molar-refractivity contribution is 6.17. The monoisotopic (exact) mass is 441 g/mol. The molecule has 0 radical (unpaired) electrons. The van der Waals surface area contributed by atoms with Gasteiger partial charge >= 0.3 is 0 Å². The number of carbonyl (C=O) groups excluding carboxylic acids is 2. The number of rotatable bonds is 5. The molecule has 1 saturated heterocycles. The fourth-order valence-electron chi connectivity index (χ4n) is 4.09. The molecule has 0 aliphatic carbocycles. The van der Waals surface area contributed by atoms with Gasteiger partial charge in [-0.05, 0) is 31.5 Å². The number of aryl methyl sites for hydroxylation is 1. The molecule has 1 amide bonds. The minimum atomic E-state index is -0.564. The van der Waals surface area contributed by atoms with Crippen molar-refractivity contribution in [2.75, 3.05) is 5.32 Å². The summed E-state index contributed by atoms with van der Waals surface area (Å²) in [6, 6.07) is 20.7. The number of benzene rings is 3. The second-order valence-corrected chi connectivity index (χ2v) is 8.18. The molecule has 2 unspecified atom stereocenters. The predicted molar refractivity (Wildman–Crippen MR) is 125 cm³/mol. The van der Waals surface area contributed by atoms with Crippen molar-refractivity contribution in [3.63, 3.8) is 0 Å². The Bertz CT molecular complexity index is 1340. The number of aromatic hydroxyl groups is 1. The number of phenolic OH excluding ortho intramolecular Hbond substituents is 1. The maximum Gasteiger partial charge on any atom is 0.243 e. The van der Waals surface area contributed by atoms with Crippen LogP contribution >= 0.6 is 0 Å². The van der Waals surface area contributed by atoms with E-state index in [4.69, 9.17) is 4.42 Å². The number of amides is 1. The van der Waals surface area contributed by atoms with Crippen LogP contribution in [0.15, 0.2) is 77.2 Å². The summed E-state index contributed by atoms with van der Waals surface area (Å²) >= 11 is 0. The minimum Gasteiger partial charge on any atom is -0.508 e. The quantitative estimate of drug-likeness (QED) is 0.346. The van der Waals surface area contributed by atoms with E-state index in [-0.39, 0.29) is 29.2 Å². The van der Waals surface area contributed by atoms with E-state index in [0.717, 1.165) is 5.56 Å². The Kier molecular flexibility index (Phi) is 5.42. The van der Waals surface area contributed by atoms with Gasteiger partial charge in [0.05, 0.1) is 11.7 Å². The molecule has 3 aromatic carbocycles. The lowest BCUT2D eigenvalue weighted by molar-refractivity contribution is -0.117. The number of phenols is 1. The summed E-state index contributed by atoms with van der Waals surface area (Å²) in [5.41, 5.74) is 9.18. The smallest absolute Gasteiger partial charge is 0.243 e. The summed E-state index contributed by atoms with van der Waals surface area (Å²) in [4.78, 5) is 26.4. The van der Waals surface area contributed by atoms with Gasteiger partial charge in [-0.15, -0.1) is 0 Å². The molecule has 1 aliphatic heterocycles. The molecule has 7 nitrogen and oxygen atoms in total. The number of nitrogens with one attached hydrogen (secondary N) is 3. The predicted octanol–water partition coefficient (Wildman–Crippen LogP) is 4.22. The van der Waals surface area contributed by atoms with Crippen molar-refractivity contribution in [1.29, 1.82) is 0 Å². The number of fused-ring (bicyclic) bond motifs is 1. The van der Waals surface area contributed by atoms with Crippen LogP contribution in [0.5, 0.6) is 5.75 Å². The summed E-state index contributed by atoms with van der Waals surface area (Å²) in [5.74, 6) is -0.336. The Morgan fingerprint density at radius 3 is 2.48 bits per heavy atom. The molecule has 1 aliphatic rings. The maximum atomic E-state index is 13.2. The minimum absolute atomic E-state index is 0.0941. The number of carbonyl (C=O) groups is 2. The van der Waals surface area contributed by atoms with Crippen molar-refractivity contribution < 1.29 is 19.1 Å². The van der Waals surface area contributed by atoms with Gasteiger partial charge in [-0.3, -0.25) is 9.59 Å². The highest BCUT2D eigenvalue weighted by Crippen LogP contribution is 2.34. The van der Waals surface area contributed by atoms with Crippen molar-refractivity contribution >= 4 is 28.3 Å². The summed E-state index contributed by atoms with van der Waals surface area (Å²) in [5, 5.41) is 13.7. The fraction of sp³-hybridized carbons (Fsp3) is 0.154. The first kappa shape index (κ1) is 20.9. The van der Waals surface area contributed by atoms with Crippen LogP contribution in [-0.4, -0.2) is 22.8 Å². The lowest BCUT2D eigenvalue weighted by atomic mass is 10.0. The Balaban J connectivity index is 1.42. The second-order valence-electron chi connectivity index (χ2n) is 8.18. The molecule has 5 rings (SSSR count). The number of hydrogen-bond donors (Lipinski definition) is 4. The van der Waals surface area contributed by atoms with Crippen LogP contribution in [0.2, 0.25) is 0 Å². The number of hydrazine groups is 1. The molecule has 1 aromatic heterocycles. The third-order valence-corrected chi connectivity index (χ3v) is 5.90. The fourth-order valence-corrected chi connectivity index (χ4v) is 4.09. The Morgan fingerprint density at radius 2 is 1.70 bits per heavy atom. The van der Waals surface area contributed by atoms with E-state index < -0.39 is 6.04 Å². The highest BCUT2D eigenvalue weighted by Gasteiger charge is 2.33. The molecule has 1 fully saturated rings. The summed E-state index contributed by atoms with van der Waals surface area (Å²) in [6.07, 6.45) is 0.431. The van der Waals surface area contributed by atoms with Crippen molar-refractivity contribution in [2.45, 2.75) is 25.4 Å². The van der Waals surface area contributed by atoms with Crippen molar-refractivity contribution in [1.82, 2.24) is 10.9 Å². The molecule has 0 saturated carbocycles. The molecular formula is C26H23N3O4. The zero-order chi connectivity index (χ0) is 22.9. The SMILES string of the molecule is Cc1ccc(C(=O)c2oc3ccccc3c2NC(=O)C2CC(c3ccccc3O)NN2)cc1.